The number of hydrogen-bond donors (Lipinski definition) is 1. The average Bonchev–Trinajstić information content (AvgIpc) is 2.81. The van der Waals surface area contributed by atoms with Gasteiger partial charge in [-0.3, -0.25) is 5.32 Å². The summed E-state index contributed by atoms with van der Waals surface area (Å²) in [4.78, 5) is 4.58. The summed E-state index contributed by atoms with van der Waals surface area (Å²) in [5.74, 6) is 0.900. The Morgan fingerprint density at radius 3 is 2.95 bits per heavy atom. The number of nitrogens with zero attached hydrogens (tertiary/aromatic N) is 2. The molecule has 0 saturated heterocycles. The quantitative estimate of drug-likeness (QED) is 0.825. The summed E-state index contributed by atoms with van der Waals surface area (Å²) < 4.78 is 2.30. The van der Waals surface area contributed by atoms with Crippen molar-refractivity contribution in [3.63, 3.8) is 0 Å². The number of thioether (sulfide) groups is 1. The average molecular weight is 291 g/mol. The van der Waals surface area contributed by atoms with Crippen LogP contribution in [0.15, 0.2) is 28.6 Å². The van der Waals surface area contributed by atoms with Crippen molar-refractivity contribution in [2.24, 2.45) is 0 Å². The van der Waals surface area contributed by atoms with Crippen LogP contribution < -0.4 is 5.32 Å². The number of benzene rings is 1. The van der Waals surface area contributed by atoms with E-state index >= 15 is 0 Å². The Labute approximate surface area is 122 Å². The molecule has 0 radical (unpaired) electrons. The van der Waals surface area contributed by atoms with Gasteiger partial charge in [0.2, 0.25) is 0 Å². The van der Waals surface area contributed by atoms with Gasteiger partial charge in [0.25, 0.3) is 0 Å². The van der Waals surface area contributed by atoms with Crippen molar-refractivity contribution in [2.75, 3.05) is 12.3 Å². The van der Waals surface area contributed by atoms with Crippen LogP contribution in [-0.4, -0.2) is 22.8 Å². The Bertz CT molecular complexity index is 555. The molecular weight excluding hydrogens is 274 g/mol. The van der Waals surface area contributed by atoms with E-state index in [9.17, 15) is 5.26 Å². The van der Waals surface area contributed by atoms with Crippen LogP contribution in [0.25, 0.3) is 10.2 Å². The number of thiazole rings is 1. The highest BCUT2D eigenvalue weighted by Gasteiger charge is 2.21. The molecule has 0 saturated carbocycles. The van der Waals surface area contributed by atoms with E-state index in [-0.39, 0.29) is 0 Å². The minimum Gasteiger partial charge on any atom is -0.300 e. The molecule has 100 valence electrons. The third-order valence-corrected chi connectivity index (χ3v) is 5.10. The maximum absolute atomic E-state index is 9.19. The molecule has 5 heteroatoms. The molecule has 0 spiro atoms. The lowest BCUT2D eigenvalue weighted by molar-refractivity contribution is 0.450. The molecular formula is C14H17N3S2. The first-order chi connectivity index (χ1) is 9.17. The van der Waals surface area contributed by atoms with Crippen molar-refractivity contribution in [3.05, 3.63) is 24.3 Å². The number of para-hydroxylation sites is 1. The van der Waals surface area contributed by atoms with Gasteiger partial charge in [-0.1, -0.05) is 30.8 Å². The van der Waals surface area contributed by atoms with Gasteiger partial charge in [0, 0.05) is 5.75 Å². The minimum absolute atomic E-state index is 0.432. The van der Waals surface area contributed by atoms with Crippen molar-refractivity contribution < 1.29 is 0 Å². The predicted octanol–water partition coefficient (Wildman–Crippen LogP) is 3.67. The Balaban J connectivity index is 1.94. The lowest BCUT2D eigenvalue weighted by atomic mass is 10.0. The van der Waals surface area contributed by atoms with Gasteiger partial charge in [-0.15, -0.1) is 11.3 Å². The molecule has 2 aromatic rings. The highest BCUT2D eigenvalue weighted by molar-refractivity contribution is 8.01. The van der Waals surface area contributed by atoms with E-state index in [0.29, 0.717) is 0 Å². The van der Waals surface area contributed by atoms with E-state index in [1.165, 1.54) is 4.70 Å². The van der Waals surface area contributed by atoms with Crippen LogP contribution in [0, 0.1) is 11.3 Å². The van der Waals surface area contributed by atoms with Crippen LogP contribution in [0.3, 0.4) is 0 Å². The van der Waals surface area contributed by atoms with Crippen LogP contribution >= 0.6 is 23.1 Å². The number of fused-ring (bicyclic) bond motifs is 1. The minimum atomic E-state index is -0.432. The zero-order chi connectivity index (χ0) is 13.7. The zero-order valence-corrected chi connectivity index (χ0v) is 12.8. The van der Waals surface area contributed by atoms with Gasteiger partial charge < -0.3 is 0 Å². The molecule has 0 fully saturated rings. The second-order valence-electron chi connectivity index (χ2n) is 4.52. The number of hydrogen-bond acceptors (Lipinski definition) is 5. The molecule has 1 aromatic carbocycles. The number of aromatic nitrogens is 1. The van der Waals surface area contributed by atoms with Gasteiger partial charge in [-0.05, 0) is 32.0 Å². The second kappa shape index (κ2) is 6.38. The van der Waals surface area contributed by atoms with Crippen LogP contribution in [0.5, 0.6) is 0 Å². The summed E-state index contributed by atoms with van der Waals surface area (Å²) in [7, 11) is 0. The van der Waals surface area contributed by atoms with Gasteiger partial charge in [-0.2, -0.15) is 5.26 Å². The Morgan fingerprint density at radius 2 is 2.26 bits per heavy atom. The van der Waals surface area contributed by atoms with Crippen molar-refractivity contribution in [2.45, 2.75) is 30.1 Å². The van der Waals surface area contributed by atoms with Crippen molar-refractivity contribution in [3.8, 4) is 6.07 Å². The fourth-order valence-corrected chi connectivity index (χ4v) is 4.13. The van der Waals surface area contributed by atoms with Gasteiger partial charge >= 0.3 is 0 Å². The SMILES string of the molecule is CCNC(C)(C#N)CCSc1nc2ccccc2s1. The lowest BCUT2D eigenvalue weighted by Gasteiger charge is -2.21. The van der Waals surface area contributed by atoms with Crippen LogP contribution in [-0.2, 0) is 0 Å². The molecule has 0 aliphatic heterocycles. The van der Waals surface area contributed by atoms with E-state index in [0.717, 1.165) is 28.6 Å². The third-order valence-electron chi connectivity index (χ3n) is 2.92. The van der Waals surface area contributed by atoms with E-state index in [2.05, 4.69) is 22.4 Å². The normalized spacial score (nSPS) is 14.2. The Kier molecular flexibility index (Phi) is 4.81. The van der Waals surface area contributed by atoms with Crippen molar-refractivity contribution in [1.82, 2.24) is 10.3 Å². The molecule has 1 heterocycles. The Morgan fingerprint density at radius 1 is 1.47 bits per heavy atom. The molecule has 19 heavy (non-hydrogen) atoms. The Hall–Kier alpha value is -1.09. The standard InChI is InChI=1S/C14H17N3S2/c1-3-16-14(2,10-15)8-9-18-13-17-11-6-4-5-7-12(11)19-13/h4-7,16H,3,8-9H2,1-2H3. The monoisotopic (exact) mass is 291 g/mol. The highest BCUT2D eigenvalue weighted by atomic mass is 32.2. The second-order valence-corrected chi connectivity index (χ2v) is 6.89. The largest absolute Gasteiger partial charge is 0.300 e. The molecule has 1 N–H and O–H groups in total. The molecule has 0 aliphatic carbocycles. The van der Waals surface area contributed by atoms with Gasteiger partial charge in [0.15, 0.2) is 4.34 Å². The smallest absolute Gasteiger partial charge is 0.151 e. The van der Waals surface area contributed by atoms with Crippen LogP contribution in [0.4, 0.5) is 0 Å². The maximum Gasteiger partial charge on any atom is 0.151 e. The molecule has 1 aromatic heterocycles. The number of rotatable bonds is 6. The number of nitrogens with one attached hydrogen (secondary N) is 1. The van der Waals surface area contributed by atoms with Crippen LogP contribution in [0.1, 0.15) is 20.3 Å². The molecule has 0 aliphatic rings. The first-order valence-electron chi connectivity index (χ1n) is 6.31. The lowest BCUT2D eigenvalue weighted by Crippen LogP contribution is -2.41. The summed E-state index contributed by atoms with van der Waals surface area (Å²) in [6.07, 6.45) is 0.817. The first kappa shape index (κ1) is 14.3. The van der Waals surface area contributed by atoms with E-state index in [1.54, 1.807) is 23.1 Å². The maximum atomic E-state index is 9.19. The van der Waals surface area contributed by atoms with Gasteiger partial charge in [0.1, 0.15) is 5.54 Å². The summed E-state index contributed by atoms with van der Waals surface area (Å²) in [6, 6.07) is 10.5. The first-order valence-corrected chi connectivity index (χ1v) is 8.12. The van der Waals surface area contributed by atoms with Crippen LogP contribution in [0.2, 0.25) is 0 Å². The molecule has 0 bridgehead atoms. The molecule has 1 unspecified atom stereocenters. The molecule has 0 amide bonds. The van der Waals surface area contributed by atoms with E-state index in [1.807, 2.05) is 32.0 Å². The summed E-state index contributed by atoms with van der Waals surface area (Å²) in [5, 5.41) is 12.4. The predicted molar refractivity (Wildman–Crippen MR) is 82.7 cm³/mol. The number of nitriles is 1. The molecule has 1 atom stereocenters. The highest BCUT2D eigenvalue weighted by Crippen LogP contribution is 2.30. The van der Waals surface area contributed by atoms with E-state index < -0.39 is 5.54 Å². The topological polar surface area (TPSA) is 48.7 Å². The van der Waals surface area contributed by atoms with E-state index in [4.69, 9.17) is 0 Å². The third kappa shape index (κ3) is 3.69. The van der Waals surface area contributed by atoms with Gasteiger partial charge in [-0.25, -0.2) is 4.98 Å². The van der Waals surface area contributed by atoms with Crippen molar-refractivity contribution in [1.29, 1.82) is 5.26 Å². The van der Waals surface area contributed by atoms with Gasteiger partial charge in [0.05, 0.1) is 16.3 Å². The summed E-state index contributed by atoms with van der Waals surface area (Å²) in [6.45, 7) is 4.79. The fourth-order valence-electron chi connectivity index (χ4n) is 1.83. The fraction of sp³-hybridized carbons (Fsp3) is 0.429. The summed E-state index contributed by atoms with van der Waals surface area (Å²) in [5.41, 5.74) is 0.628. The van der Waals surface area contributed by atoms with Crippen molar-refractivity contribution >= 4 is 33.3 Å². The summed E-state index contributed by atoms with van der Waals surface area (Å²) >= 11 is 3.45. The molecule has 3 nitrogen and oxygen atoms in total. The zero-order valence-electron chi connectivity index (χ0n) is 11.1. The molecule has 2 rings (SSSR count).